The van der Waals surface area contributed by atoms with Crippen molar-refractivity contribution >= 4 is 18.9 Å². The molecular formula is C21H34O3S. The molecule has 2 N–H and O–H groups in total. The maximum Gasteiger partial charge on any atom is 0.146 e. The van der Waals surface area contributed by atoms with E-state index in [0.717, 1.165) is 18.3 Å². The standard InChI is InChI=1S/C21H34O3S/c1-7-19(5)11-17(23)20(6)13(2)16(12-22)10-21(8-9-25,15(20)4)14(3)18(19)24/h7,10,12-15,17-18,23-25H,1,8-9,11H2,2-6H3/t13-,14-,15?,17+,18-,19+,20+,21+/m0/s1. The van der Waals surface area contributed by atoms with Gasteiger partial charge in [0, 0.05) is 10.8 Å². The maximum atomic E-state index is 11.8. The zero-order valence-corrected chi connectivity index (χ0v) is 17.1. The van der Waals surface area contributed by atoms with Gasteiger partial charge in [-0.2, -0.15) is 12.6 Å². The third kappa shape index (κ3) is 2.76. The second kappa shape index (κ2) is 6.86. The first-order valence-corrected chi connectivity index (χ1v) is 9.97. The Balaban J connectivity index is 2.80. The number of carbonyl (C=O) groups excluding carboxylic acids is 1. The van der Waals surface area contributed by atoms with Crippen LogP contribution in [0.1, 0.15) is 47.5 Å². The lowest BCUT2D eigenvalue weighted by Gasteiger charge is -2.62. The highest BCUT2D eigenvalue weighted by Gasteiger charge is 2.61. The molecule has 2 bridgehead atoms. The van der Waals surface area contributed by atoms with Gasteiger partial charge in [-0.1, -0.05) is 46.8 Å². The van der Waals surface area contributed by atoms with Gasteiger partial charge >= 0.3 is 0 Å². The normalized spacial score (nSPS) is 50.4. The first-order valence-electron chi connectivity index (χ1n) is 9.33. The number of hydrogen-bond acceptors (Lipinski definition) is 4. The summed E-state index contributed by atoms with van der Waals surface area (Å²) < 4.78 is 0. The van der Waals surface area contributed by atoms with E-state index in [2.05, 4.69) is 46.1 Å². The molecule has 2 rings (SSSR count). The Morgan fingerprint density at radius 1 is 1.32 bits per heavy atom. The van der Waals surface area contributed by atoms with E-state index in [1.807, 2.05) is 13.8 Å². The largest absolute Gasteiger partial charge is 0.392 e. The summed E-state index contributed by atoms with van der Waals surface area (Å²) in [6, 6.07) is 0. The molecule has 4 heteroatoms. The maximum absolute atomic E-state index is 11.8. The highest BCUT2D eigenvalue weighted by molar-refractivity contribution is 7.80. The molecule has 3 nitrogen and oxygen atoms in total. The van der Waals surface area contributed by atoms with Crippen LogP contribution >= 0.6 is 12.6 Å². The van der Waals surface area contributed by atoms with Crippen LogP contribution in [0.3, 0.4) is 0 Å². The minimum atomic E-state index is -0.649. The van der Waals surface area contributed by atoms with E-state index in [1.54, 1.807) is 6.08 Å². The number of aldehydes is 1. The number of aliphatic hydroxyl groups is 2. The molecule has 1 unspecified atom stereocenters. The fraction of sp³-hybridized carbons (Fsp3) is 0.762. The van der Waals surface area contributed by atoms with Crippen molar-refractivity contribution in [2.75, 3.05) is 5.75 Å². The first-order chi connectivity index (χ1) is 11.5. The molecule has 0 aliphatic heterocycles. The lowest BCUT2D eigenvalue weighted by atomic mass is 9.44. The number of thiol groups is 1. The summed E-state index contributed by atoms with van der Waals surface area (Å²) in [5, 5.41) is 22.5. The van der Waals surface area contributed by atoms with Crippen molar-refractivity contribution in [3.8, 4) is 0 Å². The van der Waals surface area contributed by atoms with Gasteiger partial charge in [-0.25, -0.2) is 0 Å². The Morgan fingerprint density at radius 2 is 1.92 bits per heavy atom. The fourth-order valence-corrected chi connectivity index (χ4v) is 6.04. The van der Waals surface area contributed by atoms with Gasteiger partial charge < -0.3 is 10.2 Å². The summed E-state index contributed by atoms with van der Waals surface area (Å²) in [4.78, 5) is 11.8. The van der Waals surface area contributed by atoms with Crippen LogP contribution in [0.2, 0.25) is 0 Å². The van der Waals surface area contributed by atoms with Crippen molar-refractivity contribution in [2.24, 2.45) is 34.0 Å². The third-order valence-electron chi connectivity index (χ3n) is 8.10. The van der Waals surface area contributed by atoms with Crippen LogP contribution in [0, 0.1) is 34.0 Å². The summed E-state index contributed by atoms with van der Waals surface area (Å²) >= 11 is 4.48. The molecule has 0 heterocycles. The molecule has 0 radical (unpaired) electrons. The van der Waals surface area contributed by atoms with Crippen LogP contribution in [0.15, 0.2) is 24.3 Å². The molecule has 0 saturated heterocycles. The van der Waals surface area contributed by atoms with Crippen LogP contribution in [0.25, 0.3) is 0 Å². The number of fused-ring (bicyclic) bond motifs is 2. The molecule has 0 aromatic carbocycles. The fourth-order valence-electron chi connectivity index (χ4n) is 5.65. The van der Waals surface area contributed by atoms with Crippen LogP contribution in [-0.2, 0) is 4.79 Å². The summed E-state index contributed by atoms with van der Waals surface area (Å²) in [7, 11) is 0. The highest BCUT2D eigenvalue weighted by atomic mass is 32.1. The predicted octanol–water partition coefficient (Wildman–Crippen LogP) is 3.66. The van der Waals surface area contributed by atoms with Gasteiger partial charge in [0.15, 0.2) is 0 Å². The third-order valence-corrected chi connectivity index (χ3v) is 8.33. The van der Waals surface area contributed by atoms with E-state index >= 15 is 0 Å². The average molecular weight is 367 g/mol. The lowest BCUT2D eigenvalue weighted by Crippen LogP contribution is -2.61. The molecule has 2 aliphatic carbocycles. The van der Waals surface area contributed by atoms with E-state index in [-0.39, 0.29) is 23.2 Å². The topological polar surface area (TPSA) is 57.5 Å². The number of carbonyl (C=O) groups is 1. The van der Waals surface area contributed by atoms with Crippen molar-refractivity contribution < 1.29 is 15.0 Å². The Bertz CT molecular complexity index is 573. The minimum absolute atomic E-state index is 0.0421. The van der Waals surface area contributed by atoms with Crippen LogP contribution in [-0.4, -0.2) is 34.5 Å². The van der Waals surface area contributed by atoms with Crippen molar-refractivity contribution in [1.82, 2.24) is 0 Å². The second-order valence-corrected chi connectivity index (χ2v) is 9.27. The predicted molar refractivity (Wildman–Crippen MR) is 106 cm³/mol. The van der Waals surface area contributed by atoms with Gasteiger partial charge in [-0.3, -0.25) is 4.79 Å². The molecule has 1 saturated carbocycles. The molecule has 25 heavy (non-hydrogen) atoms. The van der Waals surface area contributed by atoms with Crippen LogP contribution in [0.5, 0.6) is 0 Å². The van der Waals surface area contributed by atoms with E-state index in [1.165, 1.54) is 0 Å². The number of aliphatic hydroxyl groups excluding tert-OH is 2. The number of hydrogen-bond donors (Lipinski definition) is 3. The summed E-state index contributed by atoms with van der Waals surface area (Å²) in [5.41, 5.74) is -0.673. The Hall–Kier alpha value is -0.580. The van der Waals surface area contributed by atoms with E-state index < -0.39 is 23.0 Å². The molecule has 0 aromatic heterocycles. The van der Waals surface area contributed by atoms with Crippen LogP contribution < -0.4 is 0 Å². The van der Waals surface area contributed by atoms with Crippen molar-refractivity contribution in [2.45, 2.75) is 59.7 Å². The van der Waals surface area contributed by atoms with E-state index in [0.29, 0.717) is 12.2 Å². The number of rotatable bonds is 4. The van der Waals surface area contributed by atoms with Gasteiger partial charge in [0.1, 0.15) is 6.29 Å². The van der Waals surface area contributed by atoms with Gasteiger partial charge in [-0.15, -0.1) is 6.58 Å². The summed E-state index contributed by atoms with van der Waals surface area (Å²) in [5.74, 6) is 0.654. The second-order valence-electron chi connectivity index (χ2n) is 8.82. The molecule has 1 fully saturated rings. The van der Waals surface area contributed by atoms with Gasteiger partial charge in [-0.05, 0) is 47.3 Å². The summed E-state index contributed by atoms with van der Waals surface area (Å²) in [6.07, 6.45) is 4.72. The number of allylic oxidation sites excluding steroid dienone is 2. The lowest BCUT2D eigenvalue weighted by molar-refractivity contribution is -0.160. The van der Waals surface area contributed by atoms with Gasteiger partial charge in [0.05, 0.1) is 12.2 Å². The van der Waals surface area contributed by atoms with Crippen molar-refractivity contribution in [3.05, 3.63) is 24.3 Å². The smallest absolute Gasteiger partial charge is 0.146 e. The minimum Gasteiger partial charge on any atom is -0.392 e. The molecule has 0 amide bonds. The molecule has 0 aromatic rings. The Morgan fingerprint density at radius 3 is 2.40 bits per heavy atom. The zero-order chi connectivity index (χ0) is 19.2. The van der Waals surface area contributed by atoms with Gasteiger partial charge in [0.2, 0.25) is 0 Å². The van der Waals surface area contributed by atoms with Crippen molar-refractivity contribution in [1.29, 1.82) is 0 Å². The Kier molecular flexibility index (Phi) is 5.69. The monoisotopic (exact) mass is 366 g/mol. The SMILES string of the molecule is C=C[C@]1(C)C[C@@H](O)[C@@]2(C)C(C)[C@](CCS)(C=C(C=O)[C@@H]2C)[C@@H](C)[C@@H]1O. The molecule has 2 aliphatic rings. The quantitative estimate of drug-likeness (QED) is 0.404. The molecule has 142 valence electrons. The molecule has 8 atom stereocenters. The Labute approximate surface area is 158 Å². The molecule has 0 spiro atoms. The van der Waals surface area contributed by atoms with Crippen molar-refractivity contribution in [3.63, 3.8) is 0 Å². The van der Waals surface area contributed by atoms with E-state index in [9.17, 15) is 15.0 Å². The van der Waals surface area contributed by atoms with Gasteiger partial charge in [0.25, 0.3) is 0 Å². The summed E-state index contributed by atoms with van der Waals surface area (Å²) in [6.45, 7) is 14.3. The average Bonchev–Trinajstić information content (AvgIpc) is 2.60. The van der Waals surface area contributed by atoms with E-state index in [4.69, 9.17) is 0 Å². The highest BCUT2D eigenvalue weighted by Crippen LogP contribution is 2.63. The zero-order valence-electron chi connectivity index (χ0n) is 16.2. The van der Waals surface area contributed by atoms with Crippen LogP contribution in [0.4, 0.5) is 0 Å². The first kappa shape index (κ1) is 20.7. The molecular weight excluding hydrogens is 332 g/mol.